The third kappa shape index (κ3) is 4.49. The summed E-state index contributed by atoms with van der Waals surface area (Å²) in [7, 11) is 0. The number of benzene rings is 1. The molecule has 136 valence electrons. The second-order valence-electron chi connectivity index (χ2n) is 6.13. The molecule has 7 nitrogen and oxygen atoms in total. The molecule has 2 amide bonds. The van der Waals surface area contributed by atoms with Crippen molar-refractivity contribution in [3.63, 3.8) is 0 Å². The largest absolute Gasteiger partial charge is 0.350 e. The van der Waals surface area contributed by atoms with Crippen LogP contribution < -0.4 is 5.32 Å². The number of anilines is 1. The van der Waals surface area contributed by atoms with Crippen molar-refractivity contribution in [2.75, 3.05) is 31.5 Å². The first-order valence-electron chi connectivity index (χ1n) is 8.38. The van der Waals surface area contributed by atoms with E-state index in [4.69, 9.17) is 11.6 Å². The third-order valence-electron chi connectivity index (χ3n) is 4.19. The van der Waals surface area contributed by atoms with Gasteiger partial charge in [0.25, 0.3) is 5.91 Å². The Balaban J connectivity index is 1.67. The van der Waals surface area contributed by atoms with Crippen LogP contribution in [0.5, 0.6) is 0 Å². The summed E-state index contributed by atoms with van der Waals surface area (Å²) < 4.78 is 0. The molecule has 2 aromatic rings. The average Bonchev–Trinajstić information content (AvgIpc) is 2.66. The van der Waals surface area contributed by atoms with E-state index < -0.39 is 0 Å². The van der Waals surface area contributed by atoms with Crippen LogP contribution in [0, 0.1) is 6.92 Å². The number of halogens is 1. The highest BCUT2D eigenvalue weighted by Crippen LogP contribution is 2.13. The van der Waals surface area contributed by atoms with E-state index in [2.05, 4.69) is 15.3 Å². The molecule has 1 aliphatic rings. The van der Waals surface area contributed by atoms with E-state index in [1.807, 2.05) is 31.2 Å². The van der Waals surface area contributed by atoms with Crippen LogP contribution in [0.2, 0.25) is 5.02 Å². The van der Waals surface area contributed by atoms with E-state index >= 15 is 0 Å². The van der Waals surface area contributed by atoms with Gasteiger partial charge in [0.2, 0.25) is 12.4 Å². The van der Waals surface area contributed by atoms with Crippen molar-refractivity contribution in [3.05, 3.63) is 52.3 Å². The molecule has 0 radical (unpaired) electrons. The van der Waals surface area contributed by atoms with Gasteiger partial charge in [-0.2, -0.15) is 0 Å². The monoisotopic (exact) mass is 373 g/mol. The highest BCUT2D eigenvalue weighted by molar-refractivity contribution is 6.30. The van der Waals surface area contributed by atoms with Crippen molar-refractivity contribution in [2.45, 2.75) is 13.5 Å². The van der Waals surface area contributed by atoms with Crippen molar-refractivity contribution in [1.29, 1.82) is 0 Å². The van der Waals surface area contributed by atoms with Gasteiger partial charge in [-0.05, 0) is 30.7 Å². The van der Waals surface area contributed by atoms with Gasteiger partial charge < -0.3 is 15.1 Å². The minimum absolute atomic E-state index is 0.143. The minimum atomic E-state index is -0.143. The number of carbonyl (C=O) groups excluding carboxylic acids is 2. The Kier molecular flexibility index (Phi) is 5.68. The first kappa shape index (κ1) is 18.1. The van der Waals surface area contributed by atoms with E-state index in [9.17, 15) is 9.59 Å². The Bertz CT molecular complexity index is 789. The second kappa shape index (κ2) is 8.14. The minimum Gasteiger partial charge on any atom is -0.350 e. The molecular formula is C18H20ClN5O2. The molecule has 2 heterocycles. The zero-order chi connectivity index (χ0) is 18.5. The fourth-order valence-corrected chi connectivity index (χ4v) is 2.86. The summed E-state index contributed by atoms with van der Waals surface area (Å²) in [5, 5.41) is 3.83. The number of aromatic nitrogens is 2. The number of rotatable bonds is 5. The number of nitrogens with zero attached hydrogens (tertiary/aromatic N) is 4. The Morgan fingerprint density at radius 2 is 1.88 bits per heavy atom. The van der Waals surface area contributed by atoms with E-state index in [1.54, 1.807) is 15.9 Å². The van der Waals surface area contributed by atoms with Gasteiger partial charge in [-0.25, -0.2) is 9.97 Å². The maximum atomic E-state index is 12.7. The SMILES string of the molecule is Cc1cc(C(=O)N2CCN(C=O)CC2)nc(NCc2ccc(Cl)cc2)n1. The Labute approximate surface area is 157 Å². The fourth-order valence-electron chi connectivity index (χ4n) is 2.73. The zero-order valence-electron chi connectivity index (χ0n) is 14.5. The van der Waals surface area contributed by atoms with Gasteiger partial charge in [0, 0.05) is 43.4 Å². The molecule has 0 aliphatic carbocycles. The van der Waals surface area contributed by atoms with Crippen LogP contribution in [0.4, 0.5) is 5.95 Å². The van der Waals surface area contributed by atoms with Crippen molar-refractivity contribution >= 4 is 29.9 Å². The van der Waals surface area contributed by atoms with Crippen molar-refractivity contribution < 1.29 is 9.59 Å². The van der Waals surface area contributed by atoms with E-state index in [0.29, 0.717) is 55.1 Å². The molecule has 0 spiro atoms. The van der Waals surface area contributed by atoms with Gasteiger partial charge in [-0.3, -0.25) is 9.59 Å². The third-order valence-corrected chi connectivity index (χ3v) is 4.44. The maximum absolute atomic E-state index is 12.7. The molecule has 1 aromatic carbocycles. The highest BCUT2D eigenvalue weighted by Gasteiger charge is 2.23. The van der Waals surface area contributed by atoms with Gasteiger partial charge in [-0.15, -0.1) is 0 Å². The lowest BCUT2D eigenvalue weighted by Crippen LogP contribution is -2.48. The molecule has 0 atom stereocenters. The predicted octanol–water partition coefficient (Wildman–Crippen LogP) is 1.96. The zero-order valence-corrected chi connectivity index (χ0v) is 15.2. The fraction of sp³-hybridized carbons (Fsp3) is 0.333. The molecule has 1 N–H and O–H groups in total. The van der Waals surface area contributed by atoms with Crippen molar-refractivity contribution in [2.24, 2.45) is 0 Å². The van der Waals surface area contributed by atoms with Gasteiger partial charge in [0.15, 0.2) is 0 Å². The maximum Gasteiger partial charge on any atom is 0.272 e. The van der Waals surface area contributed by atoms with Gasteiger partial charge in [0.1, 0.15) is 5.69 Å². The highest BCUT2D eigenvalue weighted by atomic mass is 35.5. The second-order valence-corrected chi connectivity index (χ2v) is 6.57. The van der Waals surface area contributed by atoms with Crippen molar-refractivity contribution in [1.82, 2.24) is 19.8 Å². The van der Waals surface area contributed by atoms with Crippen LogP contribution in [0.1, 0.15) is 21.7 Å². The Hall–Kier alpha value is -2.67. The number of hydrogen-bond donors (Lipinski definition) is 1. The lowest BCUT2D eigenvalue weighted by molar-refractivity contribution is -0.119. The van der Waals surface area contributed by atoms with E-state index in [-0.39, 0.29) is 5.91 Å². The van der Waals surface area contributed by atoms with E-state index in [1.165, 1.54) is 0 Å². The molecular weight excluding hydrogens is 354 g/mol. The predicted molar refractivity (Wildman–Crippen MR) is 99.1 cm³/mol. The number of hydrogen-bond acceptors (Lipinski definition) is 5. The number of aryl methyl sites for hydroxylation is 1. The summed E-state index contributed by atoms with van der Waals surface area (Å²) >= 11 is 5.89. The number of nitrogens with one attached hydrogen (secondary N) is 1. The van der Waals surface area contributed by atoms with Crippen LogP contribution in [-0.4, -0.2) is 58.3 Å². The molecule has 1 aromatic heterocycles. The molecule has 0 saturated carbocycles. The lowest BCUT2D eigenvalue weighted by atomic mass is 10.2. The first-order chi connectivity index (χ1) is 12.5. The first-order valence-corrected chi connectivity index (χ1v) is 8.75. The molecule has 1 fully saturated rings. The Morgan fingerprint density at radius 1 is 1.19 bits per heavy atom. The molecule has 3 rings (SSSR count). The van der Waals surface area contributed by atoms with Crippen LogP contribution in [0.15, 0.2) is 30.3 Å². The van der Waals surface area contributed by atoms with Gasteiger partial charge in [-0.1, -0.05) is 23.7 Å². The number of piperazine rings is 1. The summed E-state index contributed by atoms with van der Waals surface area (Å²) in [6.45, 7) is 4.47. The molecule has 1 saturated heterocycles. The Morgan fingerprint density at radius 3 is 2.54 bits per heavy atom. The summed E-state index contributed by atoms with van der Waals surface area (Å²) in [5.74, 6) is 0.269. The van der Waals surface area contributed by atoms with Crippen LogP contribution in [-0.2, 0) is 11.3 Å². The molecule has 1 aliphatic heterocycles. The van der Waals surface area contributed by atoms with Gasteiger partial charge >= 0.3 is 0 Å². The van der Waals surface area contributed by atoms with Crippen LogP contribution >= 0.6 is 11.6 Å². The van der Waals surface area contributed by atoms with Crippen LogP contribution in [0.25, 0.3) is 0 Å². The number of carbonyl (C=O) groups is 2. The smallest absolute Gasteiger partial charge is 0.272 e. The summed E-state index contributed by atoms with van der Waals surface area (Å²) in [6, 6.07) is 9.17. The molecule has 8 heteroatoms. The summed E-state index contributed by atoms with van der Waals surface area (Å²) in [5.41, 5.74) is 2.11. The van der Waals surface area contributed by atoms with Gasteiger partial charge in [0.05, 0.1) is 0 Å². The van der Waals surface area contributed by atoms with Crippen LogP contribution in [0.3, 0.4) is 0 Å². The summed E-state index contributed by atoms with van der Waals surface area (Å²) in [4.78, 5) is 35.6. The van der Waals surface area contributed by atoms with E-state index in [0.717, 1.165) is 12.0 Å². The average molecular weight is 374 g/mol. The molecule has 26 heavy (non-hydrogen) atoms. The van der Waals surface area contributed by atoms with Crippen molar-refractivity contribution in [3.8, 4) is 0 Å². The normalized spacial score (nSPS) is 14.2. The molecule has 0 unspecified atom stereocenters. The summed E-state index contributed by atoms with van der Waals surface area (Å²) in [6.07, 6.45) is 0.815. The quantitative estimate of drug-likeness (QED) is 0.810. The standard InChI is InChI=1S/C18H20ClN5O2/c1-13-10-16(17(26)24-8-6-23(12-25)7-9-24)22-18(21-13)20-11-14-2-4-15(19)5-3-14/h2-5,10,12H,6-9,11H2,1H3,(H,20,21,22). The lowest BCUT2D eigenvalue weighted by Gasteiger charge is -2.32. The number of amides is 2. The molecule has 0 bridgehead atoms. The topological polar surface area (TPSA) is 78.4 Å².